The number of sulfonamides is 4. The predicted molar refractivity (Wildman–Crippen MR) is 260 cm³/mol. The molecule has 6 aromatic carbocycles. The molecule has 22 heteroatoms. The van der Waals surface area contributed by atoms with Crippen LogP contribution in [0.1, 0.15) is 12.8 Å². The fraction of sp³-hybridized carbons (Fsp3) is 0.208. The minimum absolute atomic E-state index is 0.00158. The van der Waals surface area contributed by atoms with Crippen LogP contribution in [-0.4, -0.2) is 116 Å². The largest absolute Gasteiger partial charge is 0.497 e. The third-order valence-electron chi connectivity index (χ3n) is 11.6. The lowest BCUT2D eigenvalue weighted by atomic mass is 10.1. The first kappa shape index (κ1) is 51.4. The molecule has 70 heavy (non-hydrogen) atoms. The molecule has 368 valence electrons. The fourth-order valence-corrected chi connectivity index (χ4v) is 14.0. The average Bonchev–Trinajstić information content (AvgIpc) is 3.70. The van der Waals surface area contributed by atoms with Crippen LogP contribution in [0.3, 0.4) is 0 Å². The Morgan fingerprint density at radius 3 is 1.41 bits per heavy atom. The lowest BCUT2D eigenvalue weighted by Gasteiger charge is -2.31. The van der Waals surface area contributed by atoms with E-state index in [0.29, 0.717) is 27.7 Å². The number of nitrogens with zero attached hydrogens (tertiary/aromatic N) is 2. The summed E-state index contributed by atoms with van der Waals surface area (Å²) in [6, 6.07) is 28.8. The zero-order chi connectivity index (χ0) is 50.4. The summed E-state index contributed by atoms with van der Waals surface area (Å²) in [5.74, 6) is -2.04. The molecule has 0 saturated heterocycles. The first-order chi connectivity index (χ1) is 33.3. The lowest BCUT2D eigenvalue weighted by Crippen LogP contribution is -2.56. The van der Waals surface area contributed by atoms with Crippen LogP contribution in [0.4, 0.5) is 0 Å². The van der Waals surface area contributed by atoms with Crippen molar-refractivity contribution in [3.8, 4) is 11.5 Å². The molecule has 2 heterocycles. The molecule has 4 unspecified atom stereocenters. The van der Waals surface area contributed by atoms with Gasteiger partial charge in [0.1, 0.15) is 23.6 Å². The summed E-state index contributed by atoms with van der Waals surface area (Å²) in [6.07, 6.45) is 6.18. The standard InChI is InChI=1S/2C24H24N2O7S2/c1-33-18-12-14-19(15-13-18)35(31,32)26-16-5-4-10-21(23(26)24(27)28)25-34(29,30)22-11-6-8-17-7-2-3-9-20(17)22;1-33-19-10-13-20(14-11-19)35(31,32)26-15-5-4-8-22(23(26)24(27)28)25-34(29,30)21-12-9-17-6-2-3-7-18(17)16-21/h2-9,11-15,21,23,25H,10,16H2,1H3,(H,27,28);2-7,9-14,16,22-23,25H,8,15H2,1H3,(H,27,28). The zero-order valence-electron chi connectivity index (χ0n) is 37.5. The molecule has 0 amide bonds. The van der Waals surface area contributed by atoms with Gasteiger partial charge in [-0.2, -0.15) is 8.61 Å². The van der Waals surface area contributed by atoms with E-state index < -0.39 is 76.2 Å². The molecule has 0 fully saturated rings. The Balaban J connectivity index is 0.000000206. The van der Waals surface area contributed by atoms with Crippen molar-refractivity contribution in [2.75, 3.05) is 27.3 Å². The highest BCUT2D eigenvalue weighted by Crippen LogP contribution is 2.30. The van der Waals surface area contributed by atoms with Crippen LogP contribution in [0.25, 0.3) is 21.5 Å². The van der Waals surface area contributed by atoms with Gasteiger partial charge in [-0.25, -0.2) is 43.1 Å². The maximum absolute atomic E-state index is 13.4. The van der Waals surface area contributed by atoms with Crippen LogP contribution < -0.4 is 18.9 Å². The third-order valence-corrected chi connectivity index (χ3v) is 18.3. The summed E-state index contributed by atoms with van der Waals surface area (Å²) in [4.78, 5) is 24.3. The van der Waals surface area contributed by atoms with E-state index in [0.717, 1.165) is 14.0 Å². The number of ether oxygens (including phenoxy) is 2. The maximum atomic E-state index is 13.4. The number of carboxylic acid groups (broad SMARTS) is 2. The van der Waals surface area contributed by atoms with Crippen molar-refractivity contribution in [1.82, 2.24) is 18.1 Å². The molecule has 18 nitrogen and oxygen atoms in total. The number of nitrogens with one attached hydrogen (secondary N) is 2. The lowest BCUT2D eigenvalue weighted by molar-refractivity contribution is -0.143. The molecular weight excluding hydrogens is 985 g/mol. The predicted octanol–water partition coefficient (Wildman–Crippen LogP) is 5.20. The normalized spacial score (nSPS) is 19.3. The van der Waals surface area contributed by atoms with E-state index in [1.165, 1.54) is 93.1 Å². The molecule has 0 aliphatic carbocycles. The number of fused-ring (bicyclic) bond motifs is 2. The third kappa shape index (κ3) is 11.1. The van der Waals surface area contributed by atoms with Gasteiger partial charge in [-0.1, -0.05) is 91.0 Å². The van der Waals surface area contributed by atoms with Crippen LogP contribution in [0.2, 0.25) is 0 Å². The Hall–Kier alpha value is -6.50. The van der Waals surface area contributed by atoms with E-state index in [-0.39, 0.29) is 45.5 Å². The molecule has 8 rings (SSSR count). The summed E-state index contributed by atoms with van der Waals surface area (Å²) in [5, 5.41) is 22.8. The fourth-order valence-electron chi connectivity index (χ4n) is 8.10. The monoisotopic (exact) mass is 1030 g/mol. The van der Waals surface area contributed by atoms with E-state index >= 15 is 0 Å². The Morgan fingerprint density at radius 2 is 0.929 bits per heavy atom. The van der Waals surface area contributed by atoms with E-state index in [2.05, 4.69) is 9.44 Å². The highest BCUT2D eigenvalue weighted by Gasteiger charge is 2.44. The molecule has 0 bridgehead atoms. The van der Waals surface area contributed by atoms with Crippen molar-refractivity contribution in [3.63, 3.8) is 0 Å². The smallest absolute Gasteiger partial charge is 0.323 e. The molecule has 6 aromatic rings. The van der Waals surface area contributed by atoms with Crippen LogP contribution in [0.15, 0.2) is 177 Å². The van der Waals surface area contributed by atoms with Crippen LogP contribution in [0.5, 0.6) is 11.5 Å². The van der Waals surface area contributed by atoms with Gasteiger partial charge in [0.2, 0.25) is 40.1 Å². The number of benzene rings is 6. The van der Waals surface area contributed by atoms with Gasteiger partial charge < -0.3 is 19.7 Å². The number of carbonyl (C=O) groups is 2. The van der Waals surface area contributed by atoms with E-state index in [4.69, 9.17) is 9.47 Å². The van der Waals surface area contributed by atoms with Crippen molar-refractivity contribution in [2.45, 2.75) is 56.6 Å². The van der Waals surface area contributed by atoms with E-state index in [1.807, 2.05) is 12.1 Å². The second-order valence-corrected chi connectivity index (χ2v) is 23.1. The Kier molecular flexibility index (Phi) is 15.6. The number of methoxy groups -OCH3 is 2. The molecule has 2 aliphatic heterocycles. The van der Waals surface area contributed by atoms with Crippen LogP contribution in [-0.2, 0) is 49.7 Å². The van der Waals surface area contributed by atoms with E-state index in [1.54, 1.807) is 66.7 Å². The molecule has 4 N–H and O–H groups in total. The van der Waals surface area contributed by atoms with Gasteiger partial charge in [-0.05, 0) is 95.7 Å². The number of rotatable bonds is 14. The van der Waals surface area contributed by atoms with Gasteiger partial charge >= 0.3 is 11.9 Å². The number of aliphatic carboxylic acids is 2. The van der Waals surface area contributed by atoms with Crippen LogP contribution in [0, 0.1) is 0 Å². The minimum Gasteiger partial charge on any atom is -0.497 e. The Morgan fingerprint density at radius 1 is 0.500 bits per heavy atom. The highest BCUT2D eigenvalue weighted by atomic mass is 32.2. The minimum atomic E-state index is -4.28. The molecule has 0 aromatic heterocycles. The zero-order valence-corrected chi connectivity index (χ0v) is 40.7. The second kappa shape index (κ2) is 21.2. The van der Waals surface area contributed by atoms with E-state index in [9.17, 15) is 53.5 Å². The van der Waals surface area contributed by atoms with Crippen molar-refractivity contribution < 1.29 is 62.9 Å². The first-order valence-electron chi connectivity index (χ1n) is 21.4. The molecule has 2 aliphatic rings. The SMILES string of the molecule is COc1ccc(S(=O)(=O)N2CC=CCC(NS(=O)(=O)c3ccc4ccccc4c3)C2C(=O)O)cc1.COc1ccc(S(=O)(=O)N2CC=CCC(NS(=O)(=O)c3cccc4ccccc34)C2C(=O)O)cc1. The Labute approximate surface area is 405 Å². The quantitative estimate of drug-likeness (QED) is 0.102. The molecule has 0 radical (unpaired) electrons. The van der Waals surface area contributed by atoms with Crippen molar-refractivity contribution in [2.24, 2.45) is 0 Å². The summed E-state index contributed by atoms with van der Waals surface area (Å²) in [6.45, 7) is -0.447. The highest BCUT2D eigenvalue weighted by molar-refractivity contribution is 7.90. The van der Waals surface area contributed by atoms with Gasteiger partial charge in [0.25, 0.3) is 0 Å². The Bertz CT molecular complexity index is 3410. The van der Waals surface area contributed by atoms with Crippen LogP contribution >= 0.6 is 0 Å². The topological polar surface area (TPSA) is 260 Å². The number of carboxylic acids is 2. The van der Waals surface area contributed by atoms with Gasteiger partial charge in [0.05, 0.1) is 45.9 Å². The molecule has 4 atom stereocenters. The molecule has 0 spiro atoms. The van der Waals surface area contributed by atoms with Gasteiger partial charge in [-0.3, -0.25) is 9.59 Å². The summed E-state index contributed by atoms with van der Waals surface area (Å²) < 4.78 is 123. The van der Waals surface area contributed by atoms with Gasteiger partial charge in [0, 0.05) is 18.5 Å². The first-order valence-corrected chi connectivity index (χ1v) is 27.2. The van der Waals surface area contributed by atoms with Crippen molar-refractivity contribution >= 4 is 73.6 Å². The summed E-state index contributed by atoms with van der Waals surface area (Å²) in [5.41, 5.74) is 0. The molecule has 0 saturated carbocycles. The number of hydrogen-bond acceptors (Lipinski definition) is 12. The van der Waals surface area contributed by atoms with Gasteiger partial charge in [0.15, 0.2) is 0 Å². The summed E-state index contributed by atoms with van der Waals surface area (Å²) in [7, 11) is -14.0. The maximum Gasteiger partial charge on any atom is 0.323 e. The van der Waals surface area contributed by atoms with Crippen molar-refractivity contribution in [3.05, 3.63) is 158 Å². The van der Waals surface area contributed by atoms with Crippen molar-refractivity contribution in [1.29, 1.82) is 0 Å². The molecular formula is C48H48N4O14S4. The average molecular weight is 1030 g/mol. The van der Waals surface area contributed by atoms with Gasteiger partial charge in [-0.15, -0.1) is 0 Å². The second-order valence-electron chi connectivity index (χ2n) is 15.9. The number of hydrogen-bond donors (Lipinski definition) is 4. The summed E-state index contributed by atoms with van der Waals surface area (Å²) >= 11 is 0.